The molecule has 4 unspecified atom stereocenters. The van der Waals surface area contributed by atoms with Gasteiger partial charge in [0.1, 0.15) is 59.7 Å². The van der Waals surface area contributed by atoms with Crippen molar-refractivity contribution in [3.8, 4) is 28.6 Å². The highest BCUT2D eigenvalue weighted by Gasteiger charge is 2.44. The number of nitrogens with zero attached hydrogens (tertiary/aromatic N) is 10. The predicted molar refractivity (Wildman–Crippen MR) is 280 cm³/mol. The minimum atomic E-state index is -4.71. The molecule has 0 saturated heterocycles. The Morgan fingerprint density at radius 1 is 0.803 bits per heavy atom. The molecule has 27 heteroatoms. The summed E-state index contributed by atoms with van der Waals surface area (Å²) in [6.45, 7) is 9.07. The van der Waals surface area contributed by atoms with E-state index in [-0.39, 0.29) is 37.7 Å². The zero-order valence-corrected chi connectivity index (χ0v) is 44.4. The molecule has 4 atom stereocenters. The molecule has 0 aliphatic heterocycles. The Kier molecular flexibility index (Phi) is 20.9. The Hall–Kier alpha value is -6.19. The van der Waals surface area contributed by atoms with E-state index in [1.165, 1.54) is 87.4 Å². The number of phosphoric ester groups is 1. The molecule has 18 nitrogen and oxygen atoms in total. The third-order valence-electron chi connectivity index (χ3n) is 11.3. The van der Waals surface area contributed by atoms with Gasteiger partial charge < -0.3 is 24.5 Å². The van der Waals surface area contributed by atoms with Crippen molar-refractivity contribution in [3.63, 3.8) is 0 Å². The summed E-state index contributed by atoms with van der Waals surface area (Å²) in [6, 6.07) is 22.3. The van der Waals surface area contributed by atoms with Gasteiger partial charge in [-0.25, -0.2) is 46.3 Å². The average Bonchev–Trinajstić information content (AvgIpc) is 4.22. The molecule has 0 radical (unpaired) electrons. The lowest BCUT2D eigenvalue weighted by Crippen LogP contribution is -2.39. The fraction of sp³-hybridized carbons (Fsp3) is 0.265. The predicted octanol–water partition coefficient (Wildman–Crippen LogP) is 10.3. The van der Waals surface area contributed by atoms with Gasteiger partial charge in [0, 0.05) is 75.4 Å². The number of phosphoric acid groups is 1. The van der Waals surface area contributed by atoms with E-state index in [0.717, 1.165) is 29.3 Å². The summed E-state index contributed by atoms with van der Waals surface area (Å²) in [5.41, 5.74) is 0.314. The number of halogens is 5. The first-order valence-electron chi connectivity index (χ1n) is 22.0. The summed E-state index contributed by atoms with van der Waals surface area (Å²) in [6.07, 6.45) is 5.30. The van der Waals surface area contributed by atoms with Crippen LogP contribution in [0, 0.1) is 34.6 Å². The van der Waals surface area contributed by atoms with E-state index in [2.05, 4.69) is 52.0 Å². The molecule has 4 heterocycles. The highest BCUT2D eigenvalue weighted by atomic mass is 35.5. The van der Waals surface area contributed by atoms with Crippen LogP contribution >= 0.6 is 49.5 Å². The SMILES string of the molecule is C.C=Nc1ccc(-c2csc(C(C)C(O)(Cn3c[n+](COP(=O)(O)O)cn3)c3ccc(F)cc3F)n2)cc1.CC(c1nc(-c2ccc(C#N)cc2)cs1)C(O)(Cn1cncn1)c1ccc(F)cc1F.CP(C)(=O)OCCl. The Labute approximate surface area is 447 Å². The molecule has 4 N–H and O–H groups in total. The molecule has 0 aliphatic carbocycles. The molecule has 0 spiro atoms. The average molecular weight is 1150 g/mol. The number of aromatic nitrogens is 8. The maximum Gasteiger partial charge on any atom is 0.472 e. The van der Waals surface area contributed by atoms with E-state index in [1.807, 2.05) is 22.9 Å². The first kappa shape index (κ1) is 60.7. The van der Waals surface area contributed by atoms with Gasteiger partial charge in [0.05, 0.1) is 45.3 Å². The molecule has 76 heavy (non-hydrogen) atoms. The molecule has 8 rings (SSSR count). The van der Waals surface area contributed by atoms with Crippen LogP contribution in [0.15, 0.2) is 126 Å². The quantitative estimate of drug-likeness (QED) is 0.0205. The minimum absolute atomic E-state index is 0. The maximum atomic E-state index is 15.0. The first-order chi connectivity index (χ1) is 35.4. The van der Waals surface area contributed by atoms with Gasteiger partial charge in [0.15, 0.2) is 14.1 Å². The highest BCUT2D eigenvalue weighted by Crippen LogP contribution is 2.44. The van der Waals surface area contributed by atoms with Gasteiger partial charge in [0.25, 0.3) is 6.33 Å². The number of nitriles is 1. The normalized spacial score (nSPS) is 13.8. The van der Waals surface area contributed by atoms with Crippen molar-refractivity contribution >= 4 is 61.9 Å². The summed E-state index contributed by atoms with van der Waals surface area (Å²) in [5.74, 6) is -4.73. The molecule has 0 aliphatic rings. The van der Waals surface area contributed by atoms with Crippen molar-refractivity contribution in [1.82, 2.24) is 34.5 Å². The minimum Gasteiger partial charge on any atom is -0.382 e. The van der Waals surface area contributed by atoms with Crippen LogP contribution in [0.2, 0.25) is 0 Å². The Bertz CT molecular complexity index is 3340. The van der Waals surface area contributed by atoms with Crippen molar-refractivity contribution < 1.29 is 60.3 Å². The van der Waals surface area contributed by atoms with Crippen LogP contribution in [-0.4, -0.2) is 80.6 Å². The van der Waals surface area contributed by atoms with E-state index >= 15 is 0 Å². The van der Waals surface area contributed by atoms with Gasteiger partial charge in [-0.05, 0) is 43.1 Å². The van der Waals surface area contributed by atoms with E-state index in [4.69, 9.17) is 26.6 Å². The van der Waals surface area contributed by atoms with Gasteiger partial charge in [-0.1, -0.05) is 69.3 Å². The second-order valence-corrected chi connectivity index (χ2v) is 22.9. The molecule has 8 aromatic rings. The highest BCUT2D eigenvalue weighted by molar-refractivity contribution is 7.57. The smallest absolute Gasteiger partial charge is 0.382 e. The van der Waals surface area contributed by atoms with Crippen LogP contribution in [0.25, 0.3) is 22.5 Å². The van der Waals surface area contributed by atoms with E-state index in [0.29, 0.717) is 38.7 Å². The first-order valence-corrected chi connectivity index (χ1v) is 28.3. The molecule has 402 valence electrons. The zero-order valence-electron chi connectivity index (χ0n) is 40.2. The number of benzene rings is 4. The molecule has 0 fully saturated rings. The van der Waals surface area contributed by atoms with Gasteiger partial charge in [-0.2, -0.15) is 10.4 Å². The van der Waals surface area contributed by atoms with Gasteiger partial charge in [0.2, 0.25) is 6.33 Å². The van der Waals surface area contributed by atoms with Gasteiger partial charge >= 0.3 is 7.82 Å². The Morgan fingerprint density at radius 2 is 1.30 bits per heavy atom. The topological polar surface area (TPSA) is 248 Å². The maximum absolute atomic E-state index is 15.0. The van der Waals surface area contributed by atoms with E-state index in [9.17, 15) is 36.9 Å². The molecular formula is C49H52ClF4N10O8P2S2+. The number of alkyl halides is 1. The lowest BCUT2D eigenvalue weighted by atomic mass is 9.82. The van der Waals surface area contributed by atoms with Crippen molar-refractivity contribution in [2.24, 2.45) is 4.99 Å². The summed E-state index contributed by atoms with van der Waals surface area (Å²) in [7, 11) is -7.01. The standard InChI is InChI=1S/C23H22F2N5O5PS.C22H17F2N5OS.C3H8ClO2P.CH4/c1-15(22-28-21(10-37-22)16-3-6-18(26-2)7-4-16)23(31,19-8-5-17(24)9-20(19)25)11-30-13-29(12-27-30)14-35-36(32,33)34;1-14(21-28-20(10-31-21)16-4-2-15(9-25)3-5-16)22(30,11-29-13-26-12-27-29)18-7-6-17(23)8-19(18)24;1-7(2,5)6-3-4;/h3-10,12-13,15,31H,2,11,14H2,1H3,(H-,32,33,34);2-8,10,12-14,30H,11H2,1H3;3H2,1-2H3;1H4/p+1. The second-order valence-electron chi connectivity index (χ2n) is 16.9. The molecule has 0 bridgehead atoms. The van der Waals surface area contributed by atoms with E-state index in [1.54, 1.807) is 50.2 Å². The summed E-state index contributed by atoms with van der Waals surface area (Å²) >= 11 is 7.69. The van der Waals surface area contributed by atoms with Crippen molar-refractivity contribution in [2.45, 2.75) is 64.1 Å². The van der Waals surface area contributed by atoms with Crippen LogP contribution in [0.4, 0.5) is 23.2 Å². The number of thiazole rings is 2. The monoisotopic (exact) mass is 1150 g/mol. The lowest BCUT2D eigenvalue weighted by molar-refractivity contribution is -0.726. The number of aliphatic imine (C=N–C) groups is 1. The van der Waals surface area contributed by atoms with Crippen LogP contribution in [0.1, 0.15) is 59.8 Å². The number of hydrogen-bond donors (Lipinski definition) is 4. The Morgan fingerprint density at radius 3 is 1.71 bits per heavy atom. The molecule has 0 saturated carbocycles. The van der Waals surface area contributed by atoms with Crippen LogP contribution < -0.4 is 4.57 Å². The zero-order chi connectivity index (χ0) is 54.7. The number of rotatable bonds is 18. The lowest BCUT2D eigenvalue weighted by Gasteiger charge is -2.33. The van der Waals surface area contributed by atoms with Gasteiger partial charge in [-0.3, -0.25) is 14.1 Å². The van der Waals surface area contributed by atoms with Crippen LogP contribution in [-0.2, 0) is 49.2 Å². The van der Waals surface area contributed by atoms with Crippen molar-refractivity contribution in [2.75, 3.05) is 19.4 Å². The Balaban J connectivity index is 0.000000249. The summed E-state index contributed by atoms with van der Waals surface area (Å²) < 4.78 is 91.2. The van der Waals surface area contributed by atoms with Crippen LogP contribution in [0.5, 0.6) is 0 Å². The molecular weight excluding hydrogens is 1090 g/mol. The fourth-order valence-electron chi connectivity index (χ4n) is 7.27. The number of aliphatic hydroxyl groups is 2. The third kappa shape index (κ3) is 15.9. The third-order valence-corrected chi connectivity index (χ3v) is 14.8. The number of hydrogen-bond acceptors (Lipinski definition) is 15. The molecule has 4 aromatic carbocycles. The summed E-state index contributed by atoms with van der Waals surface area (Å²) in [4.78, 5) is 34.8. The summed E-state index contributed by atoms with van der Waals surface area (Å²) in [5, 5.41) is 45.4. The largest absolute Gasteiger partial charge is 0.472 e. The molecule has 0 amide bonds. The second kappa shape index (κ2) is 26.2. The van der Waals surface area contributed by atoms with E-state index < -0.39 is 68.2 Å². The van der Waals surface area contributed by atoms with Crippen molar-refractivity contribution in [3.05, 3.63) is 171 Å². The van der Waals surface area contributed by atoms with Crippen molar-refractivity contribution in [1.29, 1.82) is 5.26 Å². The fourth-order valence-corrected chi connectivity index (χ4v) is 10.4. The molecule has 4 aromatic heterocycles. The van der Waals surface area contributed by atoms with Gasteiger partial charge in [-0.15, -0.1) is 27.4 Å². The van der Waals surface area contributed by atoms with Crippen LogP contribution in [0.3, 0.4) is 0 Å².